The molecule has 0 unspecified atom stereocenters. The van der Waals surface area contributed by atoms with E-state index in [2.05, 4.69) is 0 Å². The molecule has 0 aliphatic heterocycles. The average Bonchev–Trinajstić information content (AvgIpc) is 2.26. The summed E-state index contributed by atoms with van der Waals surface area (Å²) >= 11 is 5.90. The highest BCUT2D eigenvalue weighted by Crippen LogP contribution is 2.18. The fourth-order valence-electron chi connectivity index (χ4n) is 1.90. The highest BCUT2D eigenvalue weighted by molar-refractivity contribution is 6.31. The number of hydrogen-bond donors (Lipinski definition) is 0. The lowest BCUT2D eigenvalue weighted by molar-refractivity contribution is -0.116. The predicted octanol–water partition coefficient (Wildman–Crippen LogP) is 2.32. The molecule has 0 saturated carbocycles. The summed E-state index contributed by atoms with van der Waals surface area (Å²) in [5.74, 6) is -0.0181. The topological polar surface area (TPSA) is 39.1 Å². The molecule has 0 aliphatic rings. The van der Waals surface area contributed by atoms with Gasteiger partial charge < -0.3 is 4.57 Å². The van der Waals surface area contributed by atoms with Gasteiger partial charge in [-0.15, -0.1) is 0 Å². The number of nitrogens with zero attached hydrogens (tertiary/aromatic N) is 1. The average molecular weight is 250 g/mol. The van der Waals surface area contributed by atoms with Gasteiger partial charge in [0, 0.05) is 24.1 Å². The van der Waals surface area contributed by atoms with Gasteiger partial charge in [0.05, 0.1) is 5.52 Å². The molecule has 0 spiro atoms. The van der Waals surface area contributed by atoms with E-state index in [1.54, 1.807) is 25.2 Å². The largest absolute Gasteiger partial charge is 0.311 e. The van der Waals surface area contributed by atoms with Crippen LogP contribution in [0.25, 0.3) is 10.9 Å². The Hall–Kier alpha value is -1.61. The van der Waals surface area contributed by atoms with Crippen LogP contribution >= 0.6 is 11.6 Å². The summed E-state index contributed by atoms with van der Waals surface area (Å²) in [6, 6.07) is 7.12. The van der Waals surface area contributed by atoms with Gasteiger partial charge >= 0.3 is 0 Å². The normalized spacial score (nSPS) is 10.8. The van der Waals surface area contributed by atoms with E-state index in [-0.39, 0.29) is 17.8 Å². The highest BCUT2D eigenvalue weighted by atomic mass is 35.5. The van der Waals surface area contributed by atoms with Crippen LogP contribution in [0.15, 0.2) is 29.1 Å². The molecule has 88 valence electrons. The molecule has 0 atom stereocenters. The van der Waals surface area contributed by atoms with Crippen molar-refractivity contribution in [1.82, 2.24) is 4.57 Å². The number of halogens is 1. The quantitative estimate of drug-likeness (QED) is 0.819. The molecule has 2 aromatic rings. The maximum atomic E-state index is 12.0. The number of Topliss-reactive ketones (excluding diaryl/α,β-unsaturated/α-hetero) is 1. The van der Waals surface area contributed by atoms with Crippen molar-refractivity contribution in [3.8, 4) is 0 Å². The number of aryl methyl sites for hydroxylation is 1. The minimum absolute atomic E-state index is 0.0181. The van der Waals surface area contributed by atoms with E-state index in [0.717, 1.165) is 10.9 Å². The van der Waals surface area contributed by atoms with Crippen molar-refractivity contribution in [2.75, 3.05) is 0 Å². The summed E-state index contributed by atoms with van der Waals surface area (Å²) in [5.41, 5.74) is 1.15. The Morgan fingerprint density at radius 2 is 2.06 bits per heavy atom. The number of hydrogen-bond acceptors (Lipinski definition) is 2. The Morgan fingerprint density at radius 3 is 2.71 bits per heavy atom. The highest BCUT2D eigenvalue weighted by Gasteiger charge is 2.08. The summed E-state index contributed by atoms with van der Waals surface area (Å²) in [4.78, 5) is 23.1. The summed E-state index contributed by atoms with van der Waals surface area (Å²) in [7, 11) is 1.69. The third kappa shape index (κ3) is 2.24. The van der Waals surface area contributed by atoms with E-state index >= 15 is 0 Å². The van der Waals surface area contributed by atoms with Crippen molar-refractivity contribution in [2.24, 2.45) is 7.05 Å². The van der Waals surface area contributed by atoms with Gasteiger partial charge in [0.15, 0.2) is 0 Å². The van der Waals surface area contributed by atoms with Crippen LogP contribution in [0.2, 0.25) is 5.02 Å². The Morgan fingerprint density at radius 1 is 1.35 bits per heavy atom. The van der Waals surface area contributed by atoms with Crippen molar-refractivity contribution in [3.63, 3.8) is 0 Å². The fraction of sp³-hybridized carbons (Fsp3) is 0.231. The number of rotatable bonds is 2. The van der Waals surface area contributed by atoms with E-state index in [1.165, 1.54) is 11.5 Å². The fourth-order valence-corrected chi connectivity index (χ4v) is 2.06. The van der Waals surface area contributed by atoms with Crippen molar-refractivity contribution in [1.29, 1.82) is 0 Å². The molecule has 0 aliphatic carbocycles. The van der Waals surface area contributed by atoms with Gasteiger partial charge in [-0.2, -0.15) is 0 Å². The molecule has 17 heavy (non-hydrogen) atoms. The first-order valence-corrected chi connectivity index (χ1v) is 5.64. The Labute approximate surface area is 104 Å². The predicted molar refractivity (Wildman–Crippen MR) is 68.6 cm³/mol. The maximum absolute atomic E-state index is 12.0. The molecule has 0 fully saturated rings. The maximum Gasteiger partial charge on any atom is 0.254 e. The SMILES string of the molecule is CC(=O)Cc1cc2ccc(Cl)cc2n(C)c1=O. The van der Waals surface area contributed by atoms with Gasteiger partial charge in [-0.1, -0.05) is 17.7 Å². The molecule has 1 heterocycles. The van der Waals surface area contributed by atoms with E-state index in [9.17, 15) is 9.59 Å². The van der Waals surface area contributed by atoms with Crippen LogP contribution in [0.1, 0.15) is 12.5 Å². The standard InChI is InChI=1S/C13H12ClNO2/c1-8(16)5-10-6-9-3-4-11(14)7-12(9)15(2)13(10)17/h3-4,6-7H,5H2,1-2H3. The van der Waals surface area contributed by atoms with Crippen LogP contribution in [0.5, 0.6) is 0 Å². The number of ketones is 1. The molecular formula is C13H12ClNO2. The number of carbonyl (C=O) groups is 1. The minimum Gasteiger partial charge on any atom is -0.311 e. The summed E-state index contributed by atoms with van der Waals surface area (Å²) < 4.78 is 1.53. The molecule has 3 nitrogen and oxygen atoms in total. The van der Waals surface area contributed by atoms with Crippen molar-refractivity contribution >= 4 is 28.3 Å². The van der Waals surface area contributed by atoms with Crippen LogP contribution < -0.4 is 5.56 Å². The first-order chi connectivity index (χ1) is 7.99. The number of pyridine rings is 1. The smallest absolute Gasteiger partial charge is 0.254 e. The molecule has 0 N–H and O–H groups in total. The number of aromatic nitrogens is 1. The van der Waals surface area contributed by atoms with Crippen LogP contribution in [0.4, 0.5) is 0 Å². The monoisotopic (exact) mass is 249 g/mol. The second-order valence-corrected chi connectivity index (χ2v) is 4.55. The van der Waals surface area contributed by atoms with Gasteiger partial charge in [0.1, 0.15) is 5.78 Å². The zero-order chi connectivity index (χ0) is 12.6. The minimum atomic E-state index is -0.144. The molecule has 2 rings (SSSR count). The first-order valence-electron chi connectivity index (χ1n) is 5.26. The van der Waals surface area contributed by atoms with Gasteiger partial charge in [-0.25, -0.2) is 0 Å². The number of carbonyl (C=O) groups excluding carboxylic acids is 1. The van der Waals surface area contributed by atoms with Crippen LogP contribution in [-0.4, -0.2) is 10.4 Å². The van der Waals surface area contributed by atoms with Crippen molar-refractivity contribution < 1.29 is 4.79 Å². The molecule has 0 bridgehead atoms. The van der Waals surface area contributed by atoms with Gasteiger partial charge in [-0.05, 0) is 30.5 Å². The Balaban J connectivity index is 2.75. The number of benzene rings is 1. The third-order valence-electron chi connectivity index (χ3n) is 2.70. The van der Waals surface area contributed by atoms with Crippen LogP contribution in [0, 0.1) is 0 Å². The summed E-state index contributed by atoms with van der Waals surface area (Å²) in [5, 5.41) is 1.50. The van der Waals surface area contributed by atoms with Crippen molar-refractivity contribution in [3.05, 3.63) is 45.2 Å². The van der Waals surface area contributed by atoms with Gasteiger partial charge in [0.25, 0.3) is 5.56 Å². The van der Waals surface area contributed by atoms with Gasteiger partial charge in [-0.3, -0.25) is 9.59 Å². The molecule has 0 amide bonds. The van der Waals surface area contributed by atoms with Crippen LogP contribution in [-0.2, 0) is 18.3 Å². The Bertz CT molecular complexity index is 658. The lowest BCUT2D eigenvalue weighted by atomic mass is 10.1. The van der Waals surface area contributed by atoms with Crippen molar-refractivity contribution in [2.45, 2.75) is 13.3 Å². The zero-order valence-electron chi connectivity index (χ0n) is 9.66. The van der Waals surface area contributed by atoms with E-state index < -0.39 is 0 Å². The molecule has 1 aromatic heterocycles. The van der Waals surface area contributed by atoms with E-state index in [1.807, 2.05) is 6.07 Å². The Kier molecular flexibility index (Phi) is 3.03. The lowest BCUT2D eigenvalue weighted by Gasteiger charge is -2.08. The second-order valence-electron chi connectivity index (χ2n) is 4.12. The summed E-state index contributed by atoms with van der Waals surface area (Å²) in [6.07, 6.45) is 0.172. The van der Waals surface area contributed by atoms with Crippen LogP contribution in [0.3, 0.4) is 0 Å². The second kappa shape index (κ2) is 4.34. The lowest BCUT2D eigenvalue weighted by Crippen LogP contribution is -2.22. The number of fused-ring (bicyclic) bond motifs is 1. The molecular weight excluding hydrogens is 238 g/mol. The molecule has 0 saturated heterocycles. The van der Waals surface area contributed by atoms with Gasteiger partial charge in [0.2, 0.25) is 0 Å². The molecule has 4 heteroatoms. The first kappa shape index (κ1) is 11.9. The van der Waals surface area contributed by atoms with E-state index in [4.69, 9.17) is 11.6 Å². The van der Waals surface area contributed by atoms with E-state index in [0.29, 0.717) is 10.6 Å². The molecule has 0 radical (unpaired) electrons. The summed E-state index contributed by atoms with van der Waals surface area (Å²) in [6.45, 7) is 1.48. The third-order valence-corrected chi connectivity index (χ3v) is 2.94. The zero-order valence-corrected chi connectivity index (χ0v) is 10.4. The molecule has 1 aromatic carbocycles.